The topological polar surface area (TPSA) is 31.2 Å². The summed E-state index contributed by atoms with van der Waals surface area (Å²) in [6.07, 6.45) is -2.41. The number of allylic oxidation sites excluding steroid dienone is 2. The zero-order chi connectivity index (χ0) is 10.2. The number of hydrogen-bond donors (Lipinski definition) is 0. The molecular weight excluding hydrogens is 183 g/mol. The fourth-order valence-corrected chi connectivity index (χ4v) is 0.956. The highest BCUT2D eigenvalue weighted by Crippen LogP contribution is 2.32. The van der Waals surface area contributed by atoms with Gasteiger partial charge in [0, 0.05) is 0 Å². The second kappa shape index (κ2) is 2.90. The molecule has 0 spiro atoms. The van der Waals surface area contributed by atoms with Crippen LogP contribution in [-0.4, -0.2) is 12.1 Å². The van der Waals surface area contributed by atoms with Gasteiger partial charge in [-0.1, -0.05) is 0 Å². The third kappa shape index (κ3) is 1.74. The van der Waals surface area contributed by atoms with Crippen molar-refractivity contribution in [3.05, 3.63) is 22.9 Å². The van der Waals surface area contributed by atoms with E-state index in [9.17, 15) is 18.0 Å². The van der Waals surface area contributed by atoms with Crippen LogP contribution < -0.4 is 5.32 Å². The number of amides is 1. The predicted molar refractivity (Wildman–Crippen MR) is 38.3 cm³/mol. The van der Waals surface area contributed by atoms with Crippen molar-refractivity contribution >= 4 is 5.91 Å². The second-order valence-electron chi connectivity index (χ2n) is 2.65. The molecule has 5 heteroatoms. The summed E-state index contributed by atoms with van der Waals surface area (Å²) in [6, 6.07) is 0. The van der Waals surface area contributed by atoms with E-state index in [2.05, 4.69) is 11.5 Å². The molecule has 0 saturated heterocycles. The molecule has 0 bridgehead atoms. The molecule has 1 amide bonds. The smallest absolute Gasteiger partial charge is 0.267 e. The number of hydrogen-bond acceptors (Lipinski definition) is 1. The van der Waals surface area contributed by atoms with E-state index in [0.717, 1.165) is 0 Å². The SMILES string of the molecule is CC1=[C][N]C(=O)C(C(F)(F)F)=C1C. The molecule has 0 N–H and O–H groups in total. The number of carbonyl (C=O) groups excluding carboxylic acids is 1. The van der Waals surface area contributed by atoms with Gasteiger partial charge in [0.05, 0.1) is 6.20 Å². The molecule has 0 aromatic heterocycles. The van der Waals surface area contributed by atoms with Crippen LogP contribution >= 0.6 is 0 Å². The maximum atomic E-state index is 12.2. The molecule has 1 aliphatic rings. The summed E-state index contributed by atoms with van der Waals surface area (Å²) in [5.74, 6) is -1.27. The van der Waals surface area contributed by atoms with Gasteiger partial charge >= 0.3 is 6.18 Å². The highest BCUT2D eigenvalue weighted by Gasteiger charge is 2.42. The number of nitrogens with zero attached hydrogens (tertiary/aromatic N) is 1. The lowest BCUT2D eigenvalue weighted by atomic mass is 10.00. The van der Waals surface area contributed by atoms with Crippen LogP contribution in [0.4, 0.5) is 13.2 Å². The minimum atomic E-state index is -4.63. The number of halogens is 3. The molecule has 70 valence electrons. The van der Waals surface area contributed by atoms with E-state index in [0.29, 0.717) is 0 Å². The average molecular weight is 189 g/mol. The van der Waals surface area contributed by atoms with Gasteiger partial charge in [-0.05, 0) is 25.0 Å². The lowest BCUT2D eigenvalue weighted by Crippen LogP contribution is -2.29. The molecule has 0 aliphatic carbocycles. The first-order valence-corrected chi connectivity index (χ1v) is 3.47. The summed E-state index contributed by atoms with van der Waals surface area (Å²) in [6.45, 7) is 2.66. The average Bonchev–Trinajstić information content (AvgIpc) is 1.95. The van der Waals surface area contributed by atoms with Crippen LogP contribution in [0.15, 0.2) is 16.7 Å². The van der Waals surface area contributed by atoms with Crippen molar-refractivity contribution in [3.63, 3.8) is 0 Å². The van der Waals surface area contributed by atoms with E-state index >= 15 is 0 Å². The quantitative estimate of drug-likeness (QED) is 0.570. The molecule has 0 fully saturated rings. The second-order valence-corrected chi connectivity index (χ2v) is 2.65. The molecule has 0 aromatic rings. The van der Waals surface area contributed by atoms with Crippen molar-refractivity contribution in [2.45, 2.75) is 20.0 Å². The standard InChI is InChI=1S/C8H6F3NO/c1-4-3-12-7(13)6(5(4)2)8(9,10)11/h1-2H3. The minimum absolute atomic E-state index is 0.104. The fourth-order valence-electron chi connectivity index (χ4n) is 0.956. The van der Waals surface area contributed by atoms with Gasteiger partial charge in [0.15, 0.2) is 0 Å². The Morgan fingerprint density at radius 2 is 1.85 bits per heavy atom. The lowest BCUT2D eigenvalue weighted by molar-refractivity contribution is -0.130. The third-order valence-electron chi connectivity index (χ3n) is 1.76. The fraction of sp³-hybridized carbons (Fsp3) is 0.375. The van der Waals surface area contributed by atoms with E-state index in [1.165, 1.54) is 13.8 Å². The maximum absolute atomic E-state index is 12.2. The summed E-state index contributed by atoms with van der Waals surface area (Å²) in [4.78, 5) is 10.8. The Bertz CT molecular complexity index is 312. The van der Waals surface area contributed by atoms with Crippen LogP contribution in [-0.2, 0) is 4.79 Å². The van der Waals surface area contributed by atoms with E-state index in [-0.39, 0.29) is 11.1 Å². The van der Waals surface area contributed by atoms with E-state index in [1.54, 1.807) is 0 Å². The zero-order valence-corrected chi connectivity index (χ0v) is 6.99. The Labute approximate surface area is 73.1 Å². The Morgan fingerprint density at radius 1 is 1.31 bits per heavy atom. The van der Waals surface area contributed by atoms with Crippen LogP contribution in [0.1, 0.15) is 13.8 Å². The molecule has 0 saturated carbocycles. The Morgan fingerprint density at radius 3 is 2.23 bits per heavy atom. The van der Waals surface area contributed by atoms with E-state index in [1.807, 2.05) is 0 Å². The monoisotopic (exact) mass is 189 g/mol. The van der Waals surface area contributed by atoms with Crippen LogP contribution in [0.5, 0.6) is 0 Å². The third-order valence-corrected chi connectivity index (χ3v) is 1.76. The molecular formula is C8H6F3NO. The van der Waals surface area contributed by atoms with Crippen molar-refractivity contribution in [3.8, 4) is 0 Å². The molecule has 1 heterocycles. The number of alkyl halides is 3. The molecule has 13 heavy (non-hydrogen) atoms. The van der Waals surface area contributed by atoms with Crippen molar-refractivity contribution in [1.82, 2.24) is 5.32 Å². The van der Waals surface area contributed by atoms with Gasteiger partial charge < -0.3 is 0 Å². The highest BCUT2D eigenvalue weighted by atomic mass is 19.4. The van der Waals surface area contributed by atoms with Gasteiger partial charge in [0.25, 0.3) is 5.91 Å². The molecule has 0 aromatic carbocycles. The first kappa shape index (κ1) is 9.83. The zero-order valence-electron chi connectivity index (χ0n) is 6.99. The van der Waals surface area contributed by atoms with E-state index < -0.39 is 17.7 Å². The van der Waals surface area contributed by atoms with Crippen LogP contribution in [0.25, 0.3) is 0 Å². The molecule has 2 radical (unpaired) electrons. The Balaban J connectivity index is 3.23. The molecule has 1 aliphatic heterocycles. The van der Waals surface area contributed by atoms with Crippen molar-refractivity contribution in [1.29, 1.82) is 0 Å². The van der Waals surface area contributed by atoms with Crippen LogP contribution in [0.3, 0.4) is 0 Å². The summed E-state index contributed by atoms with van der Waals surface area (Å²) in [5, 5.41) is 3.01. The summed E-state index contributed by atoms with van der Waals surface area (Å²) in [5.41, 5.74) is -1.05. The molecule has 0 unspecified atom stereocenters. The van der Waals surface area contributed by atoms with Crippen LogP contribution in [0, 0.1) is 6.20 Å². The van der Waals surface area contributed by atoms with Gasteiger partial charge in [-0.25, -0.2) is 5.32 Å². The van der Waals surface area contributed by atoms with E-state index in [4.69, 9.17) is 0 Å². The summed E-state index contributed by atoms with van der Waals surface area (Å²) in [7, 11) is 0. The van der Waals surface area contributed by atoms with Crippen molar-refractivity contribution < 1.29 is 18.0 Å². The maximum Gasteiger partial charge on any atom is 0.422 e. The summed E-state index contributed by atoms with van der Waals surface area (Å²) >= 11 is 0. The largest absolute Gasteiger partial charge is 0.422 e. The van der Waals surface area contributed by atoms with Gasteiger partial charge in [0.2, 0.25) is 0 Å². The van der Waals surface area contributed by atoms with Gasteiger partial charge in [-0.15, -0.1) is 0 Å². The first-order valence-electron chi connectivity index (χ1n) is 3.47. The molecule has 0 atom stereocenters. The predicted octanol–water partition coefficient (Wildman–Crippen LogP) is 1.72. The molecule has 1 rings (SSSR count). The Kier molecular flexibility index (Phi) is 2.19. The van der Waals surface area contributed by atoms with Gasteiger partial charge in [0.1, 0.15) is 5.57 Å². The van der Waals surface area contributed by atoms with Crippen molar-refractivity contribution in [2.24, 2.45) is 0 Å². The number of rotatable bonds is 0. The first-order chi connectivity index (χ1) is 5.84. The van der Waals surface area contributed by atoms with Gasteiger partial charge in [-0.3, -0.25) is 4.79 Å². The summed E-state index contributed by atoms with van der Waals surface area (Å²) < 4.78 is 36.7. The van der Waals surface area contributed by atoms with Crippen LogP contribution in [0.2, 0.25) is 0 Å². The normalized spacial score (nSPS) is 18.5. The van der Waals surface area contributed by atoms with Crippen molar-refractivity contribution in [2.75, 3.05) is 0 Å². The minimum Gasteiger partial charge on any atom is -0.267 e. The Hall–Kier alpha value is -1.26. The lowest BCUT2D eigenvalue weighted by Gasteiger charge is -2.16. The van der Waals surface area contributed by atoms with Gasteiger partial charge in [-0.2, -0.15) is 13.2 Å². The molecule has 2 nitrogen and oxygen atoms in total. The highest BCUT2D eigenvalue weighted by molar-refractivity contribution is 5.97. The number of carbonyl (C=O) groups is 1.